The molecule has 32 valence electrons. The summed E-state index contributed by atoms with van der Waals surface area (Å²) in [5, 5.41) is 16.7. The average Bonchev–Trinajstić information content (AvgIpc) is 0.811. The van der Waals surface area contributed by atoms with Gasteiger partial charge in [0.25, 0.3) is 0 Å². The molecule has 0 N–H and O–H groups in total. The zero-order chi connectivity index (χ0) is 3.58. The van der Waals surface area contributed by atoms with Crippen LogP contribution >= 0.6 is 0 Å². The van der Waals surface area contributed by atoms with Gasteiger partial charge >= 0.3 is 21.7 Å². The molecule has 0 amide bonds. The molecule has 6 heavy (non-hydrogen) atoms. The molecule has 0 aliphatic heterocycles. The maximum Gasteiger partial charge on any atom is 4.00 e. The molecule has 5 heteroatoms. The van der Waals surface area contributed by atoms with Gasteiger partial charge in [-0.05, 0) is 6.16 Å². The monoisotopic (exact) mass is 140 g/mol. The summed E-state index contributed by atoms with van der Waals surface area (Å²) >= 11 is 0. The second kappa shape index (κ2) is 9.01. The van der Waals surface area contributed by atoms with Crippen LogP contribution in [-0.2, 0) is 35.2 Å². The minimum Gasteiger partial charge on any atom is -2.00 e. The number of carbonyl (C=O) groups is 1. The summed E-state index contributed by atoms with van der Waals surface area (Å²) in [6.45, 7) is 0. The van der Waals surface area contributed by atoms with Crippen molar-refractivity contribution in [3.05, 3.63) is 0 Å². The van der Waals surface area contributed by atoms with Crippen LogP contribution < -0.4 is 10.2 Å². The van der Waals surface area contributed by atoms with Gasteiger partial charge in [0.2, 0.25) is 0 Å². The van der Waals surface area contributed by atoms with Crippen LogP contribution in [-0.4, -0.2) is 6.16 Å². The predicted molar refractivity (Wildman–Crippen MR) is 12.8 cm³/mol. The number of rotatable bonds is 0. The van der Waals surface area contributed by atoms with E-state index in [2.05, 4.69) is 0 Å². The second-order valence-electron chi connectivity index (χ2n) is 0.250. The molecule has 3 nitrogen and oxygen atoms in total. The maximum atomic E-state index is 8.33. The van der Waals surface area contributed by atoms with Crippen LogP contribution in [0.15, 0.2) is 0 Å². The first-order chi connectivity index (χ1) is 1.73. The summed E-state index contributed by atoms with van der Waals surface area (Å²) in [6.07, 6.45) is -2.33. The van der Waals surface area contributed by atoms with Crippen molar-refractivity contribution in [3.8, 4) is 0 Å². The number of carbonyl (C=O) groups excluding carboxylic acids is 1. The standard InChI is InChI=1S/CH2O3.S.Ti/c2-1(3)4;;/h(H2,2,3,4);;/q;-2;+4/p-2. The van der Waals surface area contributed by atoms with E-state index in [1.807, 2.05) is 0 Å². The second-order valence-corrected chi connectivity index (χ2v) is 0.250. The third kappa shape index (κ3) is 431. The molecule has 0 saturated heterocycles. The Morgan fingerprint density at radius 3 is 1.33 bits per heavy atom. The van der Waals surface area contributed by atoms with Gasteiger partial charge in [-0.1, -0.05) is 0 Å². The normalized spacial score (nSPS) is 4.00. The van der Waals surface area contributed by atoms with Crippen molar-refractivity contribution >= 4 is 19.7 Å². The van der Waals surface area contributed by atoms with Crippen LogP contribution in [0.3, 0.4) is 0 Å². The number of carboxylic acid groups (broad SMARTS) is 2. The third-order valence-electron chi connectivity index (χ3n) is 0. The summed E-state index contributed by atoms with van der Waals surface area (Å²) < 4.78 is 0. The molecule has 0 aromatic heterocycles. The first kappa shape index (κ1) is 16.2. The Kier molecular flexibility index (Phi) is 24.4. The van der Waals surface area contributed by atoms with Gasteiger partial charge in [-0.25, -0.2) is 0 Å². The fourth-order valence-electron chi connectivity index (χ4n) is 0. The van der Waals surface area contributed by atoms with Gasteiger partial charge in [0, 0.05) is 0 Å². The van der Waals surface area contributed by atoms with E-state index in [1.54, 1.807) is 0 Å². The van der Waals surface area contributed by atoms with E-state index < -0.39 is 6.16 Å². The van der Waals surface area contributed by atoms with Crippen LogP contribution in [0, 0.1) is 0 Å². The maximum absolute atomic E-state index is 8.33. The Morgan fingerprint density at radius 1 is 1.33 bits per heavy atom. The van der Waals surface area contributed by atoms with E-state index in [-0.39, 0.29) is 35.2 Å². The molecule has 0 aromatic rings. The Hall–Kier alpha value is 0.334. The van der Waals surface area contributed by atoms with Crippen LogP contribution in [0.4, 0.5) is 4.79 Å². The molecule has 0 fully saturated rings. The molecule has 0 saturated carbocycles. The first-order valence-corrected chi connectivity index (χ1v) is 0.612. The number of hydrogen-bond acceptors (Lipinski definition) is 3. The molecule has 0 radical (unpaired) electrons. The average molecular weight is 140 g/mol. The molecular formula is CO3STi. The molecule has 0 unspecified atom stereocenters. The predicted octanol–water partition coefficient (Wildman–Crippen LogP) is -2.45. The van der Waals surface area contributed by atoms with E-state index in [1.165, 1.54) is 0 Å². The largest absolute Gasteiger partial charge is 4.00 e. The topological polar surface area (TPSA) is 63.2 Å². The van der Waals surface area contributed by atoms with Crippen LogP contribution in [0.2, 0.25) is 0 Å². The summed E-state index contributed by atoms with van der Waals surface area (Å²) in [6, 6.07) is 0. The molecule has 0 atom stereocenters. The smallest absolute Gasteiger partial charge is 2.00 e. The first-order valence-electron chi connectivity index (χ1n) is 0.612. The van der Waals surface area contributed by atoms with Gasteiger partial charge in [-0.3, -0.25) is 0 Å². The third-order valence-corrected chi connectivity index (χ3v) is 0. The molecule has 0 aromatic carbocycles. The van der Waals surface area contributed by atoms with Gasteiger partial charge in [0.1, 0.15) is 0 Å². The van der Waals surface area contributed by atoms with Gasteiger partial charge in [0.05, 0.1) is 0 Å². The Bertz CT molecular complexity index is 33.8. The van der Waals surface area contributed by atoms with Crippen molar-refractivity contribution in [2.24, 2.45) is 0 Å². The van der Waals surface area contributed by atoms with E-state index in [9.17, 15) is 0 Å². The van der Waals surface area contributed by atoms with Crippen molar-refractivity contribution in [3.63, 3.8) is 0 Å². The van der Waals surface area contributed by atoms with Crippen molar-refractivity contribution in [2.45, 2.75) is 0 Å². The fraction of sp³-hybridized carbons (Fsp3) is 0. The minimum absolute atomic E-state index is 0. The number of hydrogen-bond donors (Lipinski definition) is 0. The molecule has 0 aliphatic carbocycles. The van der Waals surface area contributed by atoms with Gasteiger partial charge < -0.3 is 28.5 Å². The van der Waals surface area contributed by atoms with Crippen LogP contribution in [0.5, 0.6) is 0 Å². The summed E-state index contributed by atoms with van der Waals surface area (Å²) in [5.74, 6) is 0. The van der Waals surface area contributed by atoms with Crippen molar-refractivity contribution in [1.82, 2.24) is 0 Å². The Morgan fingerprint density at radius 2 is 1.33 bits per heavy atom. The quantitative estimate of drug-likeness (QED) is 0.351. The Balaban J connectivity index is -0.0000000450. The zero-order valence-corrected chi connectivity index (χ0v) is 5.01. The summed E-state index contributed by atoms with van der Waals surface area (Å²) in [4.78, 5) is 8.33. The van der Waals surface area contributed by atoms with Gasteiger partial charge in [-0.2, -0.15) is 0 Å². The van der Waals surface area contributed by atoms with Gasteiger partial charge in [-0.15, -0.1) is 0 Å². The zero-order valence-electron chi connectivity index (χ0n) is 2.63. The molecule has 0 bridgehead atoms. The molecule has 0 rings (SSSR count). The van der Waals surface area contributed by atoms with Crippen molar-refractivity contribution < 1.29 is 36.7 Å². The van der Waals surface area contributed by atoms with Gasteiger partial charge in [0.15, 0.2) is 0 Å². The fourth-order valence-corrected chi connectivity index (χ4v) is 0. The minimum atomic E-state index is -2.33. The van der Waals surface area contributed by atoms with Crippen LogP contribution in [0.1, 0.15) is 0 Å². The van der Waals surface area contributed by atoms with E-state index >= 15 is 0 Å². The summed E-state index contributed by atoms with van der Waals surface area (Å²) in [7, 11) is 0. The van der Waals surface area contributed by atoms with Crippen molar-refractivity contribution in [1.29, 1.82) is 0 Å². The van der Waals surface area contributed by atoms with E-state index in [4.69, 9.17) is 15.0 Å². The molecule has 0 spiro atoms. The van der Waals surface area contributed by atoms with E-state index in [0.29, 0.717) is 0 Å². The Labute approximate surface area is 56.7 Å². The van der Waals surface area contributed by atoms with Crippen LogP contribution in [0.25, 0.3) is 0 Å². The summed E-state index contributed by atoms with van der Waals surface area (Å²) in [5.41, 5.74) is 0. The van der Waals surface area contributed by atoms with E-state index in [0.717, 1.165) is 0 Å². The molecule has 0 heterocycles. The van der Waals surface area contributed by atoms with Crippen molar-refractivity contribution in [2.75, 3.05) is 0 Å². The SMILES string of the molecule is O=C([O-])[O-].[S-2].[Ti+4]. The molecular weight excluding hydrogens is 140 g/mol. The molecule has 0 aliphatic rings.